The smallest absolute Gasteiger partial charge is 0.410 e. The zero-order valence-corrected chi connectivity index (χ0v) is 19.4. The first kappa shape index (κ1) is 23.0. The van der Waals surface area contributed by atoms with Gasteiger partial charge in [-0.1, -0.05) is 6.07 Å². The number of methoxy groups -OCH3 is 1. The van der Waals surface area contributed by atoms with Gasteiger partial charge in [-0.15, -0.1) is 0 Å². The Labute approximate surface area is 185 Å². The van der Waals surface area contributed by atoms with Crippen molar-refractivity contribution in [3.63, 3.8) is 0 Å². The zero-order chi connectivity index (χ0) is 22.4. The Morgan fingerprint density at radius 2 is 2.06 bits per heavy atom. The summed E-state index contributed by atoms with van der Waals surface area (Å²) in [6.07, 6.45) is 1.69. The van der Waals surface area contributed by atoms with Gasteiger partial charge in [-0.25, -0.2) is 4.79 Å². The maximum Gasteiger partial charge on any atom is 0.410 e. The average molecular weight is 433 g/mol. The van der Waals surface area contributed by atoms with Crippen molar-refractivity contribution < 1.29 is 19.0 Å². The first-order valence-electron chi connectivity index (χ1n) is 11.1. The molecule has 1 saturated heterocycles. The van der Waals surface area contributed by atoms with Crippen LogP contribution in [0.2, 0.25) is 0 Å². The summed E-state index contributed by atoms with van der Waals surface area (Å²) in [7, 11) is 1.66. The molecule has 0 radical (unpaired) electrons. The minimum absolute atomic E-state index is 0.221. The van der Waals surface area contributed by atoms with Crippen molar-refractivity contribution in [1.82, 2.24) is 15.1 Å². The molecule has 0 bridgehead atoms. The van der Waals surface area contributed by atoms with E-state index in [2.05, 4.69) is 27.3 Å². The van der Waals surface area contributed by atoms with Gasteiger partial charge in [0.15, 0.2) is 17.5 Å². The van der Waals surface area contributed by atoms with E-state index in [0.29, 0.717) is 26.2 Å². The highest BCUT2D eigenvalue weighted by Gasteiger charge is 2.36. The van der Waals surface area contributed by atoms with Crippen molar-refractivity contribution >= 4 is 12.1 Å². The molecule has 1 fully saturated rings. The van der Waals surface area contributed by atoms with Crippen molar-refractivity contribution in [2.75, 3.05) is 46.4 Å². The molecule has 1 amide bonds. The van der Waals surface area contributed by atoms with Crippen LogP contribution in [-0.2, 0) is 11.2 Å². The lowest BCUT2D eigenvalue weighted by atomic mass is 10.1. The fraction of sp³-hybridized carbons (Fsp3) is 0.652. The van der Waals surface area contributed by atoms with Gasteiger partial charge in [-0.05, 0) is 58.2 Å². The van der Waals surface area contributed by atoms with Gasteiger partial charge in [0, 0.05) is 26.2 Å². The van der Waals surface area contributed by atoms with Gasteiger partial charge in [-0.3, -0.25) is 4.99 Å². The second kappa shape index (κ2) is 10.1. The highest BCUT2D eigenvalue weighted by molar-refractivity contribution is 5.82. The lowest BCUT2D eigenvalue weighted by Gasteiger charge is -2.39. The van der Waals surface area contributed by atoms with Crippen LogP contribution in [0.4, 0.5) is 4.79 Å². The number of carbonyl (C=O) groups is 1. The molecule has 2 aliphatic heterocycles. The number of carbonyl (C=O) groups excluding carboxylic acids is 1. The molecule has 0 aromatic heterocycles. The van der Waals surface area contributed by atoms with Crippen LogP contribution in [0.25, 0.3) is 0 Å². The van der Waals surface area contributed by atoms with Crippen LogP contribution in [0.1, 0.15) is 39.7 Å². The third kappa shape index (κ3) is 6.18. The highest BCUT2D eigenvalue weighted by Crippen LogP contribution is 2.28. The number of benzene rings is 1. The molecule has 1 aromatic carbocycles. The maximum absolute atomic E-state index is 12.4. The molecule has 8 heteroatoms. The van der Waals surface area contributed by atoms with Crippen molar-refractivity contribution in [3.05, 3.63) is 23.8 Å². The van der Waals surface area contributed by atoms with E-state index in [9.17, 15) is 4.79 Å². The number of hydrogen-bond acceptors (Lipinski definition) is 7. The number of aryl methyl sites for hydroxylation is 1. The summed E-state index contributed by atoms with van der Waals surface area (Å²) >= 11 is 0. The quantitative estimate of drug-likeness (QED) is 0.668. The van der Waals surface area contributed by atoms with Crippen LogP contribution in [-0.4, -0.2) is 79.9 Å². The summed E-state index contributed by atoms with van der Waals surface area (Å²) in [5.74, 6) is 2.50. The molecule has 2 aliphatic rings. The first-order chi connectivity index (χ1) is 14.8. The van der Waals surface area contributed by atoms with E-state index in [-0.39, 0.29) is 12.1 Å². The topological polar surface area (TPSA) is 75.6 Å². The van der Waals surface area contributed by atoms with Crippen LogP contribution in [0.15, 0.2) is 23.2 Å². The number of rotatable bonds is 7. The lowest BCUT2D eigenvalue weighted by Crippen LogP contribution is -2.57. The molecule has 1 unspecified atom stereocenters. The molecular weight excluding hydrogens is 396 g/mol. The van der Waals surface area contributed by atoms with Crippen LogP contribution < -0.4 is 14.8 Å². The Balaban J connectivity index is 1.43. The number of guanidine groups is 1. The van der Waals surface area contributed by atoms with Crippen LogP contribution in [0, 0.1) is 0 Å². The molecule has 1 atom stereocenters. The van der Waals surface area contributed by atoms with E-state index in [1.165, 1.54) is 5.56 Å². The Morgan fingerprint density at radius 1 is 1.26 bits per heavy atom. The molecule has 0 spiro atoms. The number of nitrogens with zero attached hydrogens (tertiary/aromatic N) is 3. The maximum atomic E-state index is 12.4. The minimum Gasteiger partial charge on any atom is -0.493 e. The third-order valence-electron chi connectivity index (χ3n) is 5.31. The third-order valence-corrected chi connectivity index (χ3v) is 5.31. The van der Waals surface area contributed by atoms with E-state index >= 15 is 0 Å². The van der Waals surface area contributed by atoms with E-state index < -0.39 is 5.60 Å². The number of nitrogens with one attached hydrogen (secondary N) is 1. The van der Waals surface area contributed by atoms with Crippen molar-refractivity contribution in [3.8, 4) is 11.5 Å². The lowest BCUT2D eigenvalue weighted by molar-refractivity contribution is 0.0137. The summed E-state index contributed by atoms with van der Waals surface area (Å²) in [6.45, 7) is 11.9. The Bertz CT molecular complexity index is 790. The number of aliphatic imine (C=N–C) groups is 1. The highest BCUT2D eigenvalue weighted by atomic mass is 16.6. The molecule has 1 aromatic rings. The predicted octanol–water partition coefficient (Wildman–Crippen LogP) is 2.91. The molecule has 31 heavy (non-hydrogen) atoms. The molecular formula is C23H36N4O4. The zero-order valence-electron chi connectivity index (χ0n) is 19.4. The minimum atomic E-state index is -0.472. The summed E-state index contributed by atoms with van der Waals surface area (Å²) in [4.78, 5) is 21.1. The molecule has 8 nitrogen and oxygen atoms in total. The molecule has 1 N–H and O–H groups in total. The van der Waals surface area contributed by atoms with Crippen LogP contribution in [0.3, 0.4) is 0 Å². The fourth-order valence-corrected chi connectivity index (χ4v) is 3.86. The van der Waals surface area contributed by atoms with Gasteiger partial charge >= 0.3 is 6.09 Å². The Kier molecular flexibility index (Phi) is 7.51. The second-order valence-electron chi connectivity index (χ2n) is 8.89. The van der Waals surface area contributed by atoms with Crippen molar-refractivity contribution in [2.24, 2.45) is 4.99 Å². The van der Waals surface area contributed by atoms with Crippen LogP contribution in [0.5, 0.6) is 11.5 Å². The summed E-state index contributed by atoms with van der Waals surface area (Å²) in [6, 6.07) is 6.32. The van der Waals surface area contributed by atoms with Crippen molar-refractivity contribution in [2.45, 2.75) is 52.2 Å². The number of hydrogen-bond donors (Lipinski definition) is 1. The van der Waals surface area contributed by atoms with E-state index in [1.54, 1.807) is 12.0 Å². The summed E-state index contributed by atoms with van der Waals surface area (Å²) in [5, 5.41) is 3.48. The van der Waals surface area contributed by atoms with E-state index in [0.717, 1.165) is 43.4 Å². The van der Waals surface area contributed by atoms with Gasteiger partial charge in [0.2, 0.25) is 0 Å². The average Bonchev–Trinajstić information content (AvgIpc) is 3.12. The predicted molar refractivity (Wildman–Crippen MR) is 121 cm³/mol. The molecule has 2 heterocycles. The SMILES string of the molecule is CCOc1cc(CCCNC2=NCC3CN(C(=O)OC(C)(C)C)CCN23)ccc1OC. The van der Waals surface area contributed by atoms with Crippen LogP contribution >= 0.6 is 0 Å². The standard InChI is InChI=1S/C23H36N4O4/c1-6-30-20-14-17(9-10-19(20)29-5)8-7-11-24-21-25-15-18-16-26(12-13-27(18)21)22(28)31-23(2,3)4/h9-10,14,18H,6-8,11-13,15-16H2,1-5H3,(H,24,25). The fourth-order valence-electron chi connectivity index (χ4n) is 3.86. The Hall–Kier alpha value is -2.64. The summed E-state index contributed by atoms with van der Waals surface area (Å²) in [5.41, 5.74) is 0.753. The molecule has 3 rings (SSSR count). The molecule has 0 saturated carbocycles. The first-order valence-corrected chi connectivity index (χ1v) is 11.1. The van der Waals surface area contributed by atoms with E-state index in [1.807, 2.05) is 33.8 Å². The second-order valence-corrected chi connectivity index (χ2v) is 8.89. The van der Waals surface area contributed by atoms with Gasteiger partial charge in [-0.2, -0.15) is 0 Å². The van der Waals surface area contributed by atoms with Gasteiger partial charge < -0.3 is 29.3 Å². The monoisotopic (exact) mass is 432 g/mol. The van der Waals surface area contributed by atoms with E-state index in [4.69, 9.17) is 14.2 Å². The van der Waals surface area contributed by atoms with Gasteiger partial charge in [0.1, 0.15) is 5.60 Å². The number of amides is 1. The van der Waals surface area contributed by atoms with Gasteiger partial charge in [0.25, 0.3) is 0 Å². The number of ether oxygens (including phenoxy) is 3. The molecule has 0 aliphatic carbocycles. The van der Waals surface area contributed by atoms with Crippen molar-refractivity contribution in [1.29, 1.82) is 0 Å². The van der Waals surface area contributed by atoms with Gasteiger partial charge in [0.05, 0.1) is 26.3 Å². The largest absolute Gasteiger partial charge is 0.493 e. The molecule has 172 valence electrons. The number of fused-ring (bicyclic) bond motifs is 1. The Morgan fingerprint density at radius 3 is 2.77 bits per heavy atom. The normalized spacial score (nSPS) is 18.4. The number of piperazine rings is 1. The summed E-state index contributed by atoms with van der Waals surface area (Å²) < 4.78 is 16.5.